The van der Waals surface area contributed by atoms with Crippen LogP contribution < -0.4 is 0 Å². The highest BCUT2D eigenvalue weighted by molar-refractivity contribution is 5.73. The van der Waals surface area contributed by atoms with Crippen molar-refractivity contribution in [3.63, 3.8) is 0 Å². The lowest BCUT2D eigenvalue weighted by Gasteiger charge is -2.31. The van der Waals surface area contributed by atoms with Gasteiger partial charge >= 0.3 is 0 Å². The topological polar surface area (TPSA) is 9.23 Å². The first kappa shape index (κ1) is 42.6. The highest BCUT2D eigenvalue weighted by Crippen LogP contribution is 2.41. The molecule has 0 atom stereocenters. The maximum absolute atomic E-state index is 14.0. The molecule has 0 unspecified atom stereocenters. The summed E-state index contributed by atoms with van der Waals surface area (Å²) < 4.78 is 61.8. The summed E-state index contributed by atoms with van der Waals surface area (Å²) in [6.45, 7) is 5.53. The lowest BCUT2D eigenvalue weighted by molar-refractivity contribution is 0.193. The monoisotopic (exact) mass is 778 g/mol. The predicted octanol–water partition coefficient (Wildman–Crippen LogP) is 15.8. The molecule has 0 aliphatic heterocycles. The molecule has 2 fully saturated rings. The predicted molar refractivity (Wildman–Crippen MR) is 230 cm³/mol. The zero-order valence-electron chi connectivity index (χ0n) is 34.2. The van der Waals surface area contributed by atoms with Crippen LogP contribution in [0.4, 0.5) is 17.6 Å². The Morgan fingerprint density at radius 3 is 1.19 bits per heavy atom. The van der Waals surface area contributed by atoms with Gasteiger partial charge in [0.25, 0.3) is 0 Å². The van der Waals surface area contributed by atoms with Crippen molar-refractivity contribution in [2.75, 3.05) is 13.2 Å². The molecule has 6 rings (SSSR count). The van der Waals surface area contributed by atoms with Crippen LogP contribution in [0.5, 0.6) is 0 Å². The van der Waals surface area contributed by atoms with Crippen molar-refractivity contribution in [3.8, 4) is 22.3 Å². The number of rotatable bonds is 18. The molecule has 0 amide bonds. The molecule has 2 aliphatic carbocycles. The standard InChI is InChI=1S/C52H62F4O/c1-3-5-7-9-37-11-15-41(16-12-37)47(43-23-19-39(20-24-43)45-27-29-49(53)51(55)35-45)31-33-57-34-32-48(42-17-13-38(14-18-42)10-8-6-4-2)44-25-21-40(22-26-44)46-28-30-50(54)52(56)36-46/h19-32,35-38,41-42H,3-18,33-34H2,1-2H3/t37-,38-,41-,42-. The Hall–Kier alpha value is -3.96. The second-order valence-electron chi connectivity index (χ2n) is 16.7. The van der Waals surface area contributed by atoms with E-state index in [9.17, 15) is 17.6 Å². The van der Waals surface area contributed by atoms with Crippen LogP contribution in [0.1, 0.15) is 128 Å². The Morgan fingerprint density at radius 2 is 0.842 bits per heavy atom. The first-order chi connectivity index (χ1) is 27.8. The molecule has 4 aromatic rings. The summed E-state index contributed by atoms with van der Waals surface area (Å²) in [4.78, 5) is 0. The van der Waals surface area contributed by atoms with Crippen LogP contribution in [0.25, 0.3) is 33.4 Å². The number of hydrogen-bond donors (Lipinski definition) is 0. The van der Waals surface area contributed by atoms with Gasteiger partial charge in [0.1, 0.15) is 0 Å². The average molecular weight is 779 g/mol. The molecule has 0 N–H and O–H groups in total. The Kier molecular flexibility index (Phi) is 16.2. The summed E-state index contributed by atoms with van der Waals surface area (Å²) in [7, 11) is 0. The number of halogens is 4. The van der Waals surface area contributed by atoms with E-state index in [0.717, 1.165) is 34.1 Å². The van der Waals surface area contributed by atoms with Gasteiger partial charge in [-0.15, -0.1) is 0 Å². The zero-order chi connectivity index (χ0) is 40.0. The molecule has 304 valence electrons. The molecule has 0 saturated heterocycles. The molecule has 57 heavy (non-hydrogen) atoms. The second-order valence-corrected chi connectivity index (χ2v) is 16.7. The molecule has 0 aromatic heterocycles. The smallest absolute Gasteiger partial charge is 0.159 e. The van der Waals surface area contributed by atoms with Crippen LogP contribution in [-0.2, 0) is 4.74 Å². The summed E-state index contributed by atoms with van der Waals surface area (Å²) in [6.07, 6.45) is 24.7. The summed E-state index contributed by atoms with van der Waals surface area (Å²) in [5, 5.41) is 0. The molecule has 1 nitrogen and oxygen atoms in total. The van der Waals surface area contributed by atoms with E-state index < -0.39 is 23.3 Å². The largest absolute Gasteiger partial charge is 0.373 e. The molecule has 0 bridgehead atoms. The van der Waals surface area contributed by atoms with Crippen LogP contribution in [0.2, 0.25) is 0 Å². The third kappa shape index (κ3) is 12.0. The fraction of sp³-hybridized carbons (Fsp3) is 0.462. The van der Waals surface area contributed by atoms with Crippen LogP contribution >= 0.6 is 0 Å². The molecular weight excluding hydrogens is 717 g/mol. The van der Waals surface area contributed by atoms with Gasteiger partial charge in [-0.3, -0.25) is 0 Å². The number of unbranched alkanes of at least 4 members (excludes halogenated alkanes) is 4. The third-order valence-corrected chi connectivity index (χ3v) is 12.8. The summed E-state index contributed by atoms with van der Waals surface area (Å²) >= 11 is 0. The van der Waals surface area contributed by atoms with Gasteiger partial charge in [-0.25, -0.2) is 17.6 Å². The van der Waals surface area contributed by atoms with E-state index in [1.54, 1.807) is 12.1 Å². The van der Waals surface area contributed by atoms with Gasteiger partial charge < -0.3 is 4.74 Å². The van der Waals surface area contributed by atoms with Crippen LogP contribution in [-0.4, -0.2) is 13.2 Å². The van der Waals surface area contributed by atoms with Gasteiger partial charge in [-0.2, -0.15) is 0 Å². The number of benzene rings is 4. The van der Waals surface area contributed by atoms with Gasteiger partial charge in [-0.1, -0.05) is 138 Å². The Labute approximate surface area is 339 Å². The van der Waals surface area contributed by atoms with E-state index in [4.69, 9.17) is 4.74 Å². The molecule has 4 aromatic carbocycles. The summed E-state index contributed by atoms with van der Waals surface area (Å²) in [5.74, 6) is -0.823. The minimum absolute atomic E-state index is 0.455. The van der Waals surface area contributed by atoms with Crippen LogP contribution in [0.15, 0.2) is 97.1 Å². The van der Waals surface area contributed by atoms with E-state index >= 15 is 0 Å². The van der Waals surface area contributed by atoms with Crippen molar-refractivity contribution < 1.29 is 22.3 Å². The third-order valence-electron chi connectivity index (χ3n) is 12.8. The van der Waals surface area contributed by atoms with Gasteiger partial charge in [0.15, 0.2) is 23.3 Å². The number of ether oxygens (including phenoxy) is 1. The lowest BCUT2D eigenvalue weighted by atomic mass is 9.75. The summed E-state index contributed by atoms with van der Waals surface area (Å²) in [5.41, 5.74) is 7.99. The highest BCUT2D eigenvalue weighted by Gasteiger charge is 2.26. The Morgan fingerprint density at radius 1 is 0.474 bits per heavy atom. The average Bonchev–Trinajstić information content (AvgIpc) is 3.24. The molecule has 2 aliphatic rings. The van der Waals surface area contributed by atoms with Crippen molar-refractivity contribution in [3.05, 3.63) is 131 Å². The van der Waals surface area contributed by atoms with Crippen LogP contribution in [0.3, 0.4) is 0 Å². The molecule has 0 spiro atoms. The lowest BCUT2D eigenvalue weighted by Crippen LogP contribution is -2.17. The second kappa shape index (κ2) is 21.7. The molecule has 0 heterocycles. The van der Waals surface area contributed by atoms with E-state index in [-0.39, 0.29) is 0 Å². The molecule has 0 radical (unpaired) electrons. The zero-order valence-corrected chi connectivity index (χ0v) is 34.2. The Bertz CT molecular complexity index is 1750. The van der Waals surface area contributed by atoms with Crippen LogP contribution in [0, 0.1) is 46.9 Å². The van der Waals surface area contributed by atoms with Crippen molar-refractivity contribution in [2.45, 2.75) is 117 Å². The first-order valence-corrected chi connectivity index (χ1v) is 21.9. The van der Waals surface area contributed by atoms with E-state index in [1.807, 2.05) is 24.3 Å². The fourth-order valence-electron chi connectivity index (χ4n) is 9.36. The SMILES string of the molecule is CCCCC[C@H]1CC[C@H](C(=CCOCC=C(c2ccc(-c3ccc(F)c(F)c3)cc2)[C@H]2CC[C@H](CCCCC)CC2)c2ccc(-c3ccc(F)c(F)c3)cc2)CC1. The molecule has 5 heteroatoms. The maximum Gasteiger partial charge on any atom is 0.159 e. The first-order valence-electron chi connectivity index (χ1n) is 21.9. The van der Waals surface area contributed by atoms with Crippen molar-refractivity contribution >= 4 is 11.1 Å². The minimum Gasteiger partial charge on any atom is -0.373 e. The minimum atomic E-state index is -0.837. The maximum atomic E-state index is 14.0. The quantitative estimate of drug-likeness (QED) is 0.0722. The number of hydrogen-bond acceptors (Lipinski definition) is 1. The normalized spacial score (nSPS) is 20.5. The fourth-order valence-corrected chi connectivity index (χ4v) is 9.36. The molecule has 2 saturated carbocycles. The highest BCUT2D eigenvalue weighted by atomic mass is 19.2. The number of allylic oxidation sites excluding steroid dienone is 2. The van der Waals surface area contributed by atoms with Gasteiger partial charge in [0.2, 0.25) is 0 Å². The van der Waals surface area contributed by atoms with Gasteiger partial charge in [-0.05, 0) is 144 Å². The summed E-state index contributed by atoms with van der Waals surface area (Å²) in [6, 6.07) is 24.7. The van der Waals surface area contributed by atoms with Crippen molar-refractivity contribution in [2.24, 2.45) is 23.7 Å². The van der Waals surface area contributed by atoms with Gasteiger partial charge in [0.05, 0.1) is 13.2 Å². The van der Waals surface area contributed by atoms with E-state index in [2.05, 4.69) is 50.3 Å². The Balaban J connectivity index is 1.18. The van der Waals surface area contributed by atoms with E-state index in [0.29, 0.717) is 36.2 Å². The van der Waals surface area contributed by atoms with E-state index in [1.165, 1.54) is 138 Å². The van der Waals surface area contributed by atoms with Crippen molar-refractivity contribution in [1.82, 2.24) is 0 Å². The van der Waals surface area contributed by atoms with Gasteiger partial charge in [0, 0.05) is 0 Å². The van der Waals surface area contributed by atoms with Crippen molar-refractivity contribution in [1.29, 1.82) is 0 Å². The molecular formula is C52H62F4O.